The van der Waals surface area contributed by atoms with E-state index < -0.39 is 0 Å². The van der Waals surface area contributed by atoms with Crippen molar-refractivity contribution in [1.82, 2.24) is 4.98 Å². The van der Waals surface area contributed by atoms with Gasteiger partial charge in [0.25, 0.3) is 5.91 Å². The summed E-state index contributed by atoms with van der Waals surface area (Å²) in [5, 5.41) is 1.29. The van der Waals surface area contributed by atoms with Crippen LogP contribution in [0.3, 0.4) is 0 Å². The normalized spacial score (nSPS) is 10.7. The predicted molar refractivity (Wildman–Crippen MR) is 78.2 cm³/mol. The second kappa shape index (κ2) is 4.98. The fourth-order valence-electron chi connectivity index (χ4n) is 1.95. The second-order valence-corrected chi connectivity index (χ2v) is 4.73. The van der Waals surface area contributed by atoms with Gasteiger partial charge in [-0.3, -0.25) is 9.69 Å². The molecule has 4 nitrogen and oxygen atoms in total. The van der Waals surface area contributed by atoms with Gasteiger partial charge in [0.2, 0.25) is 0 Å². The van der Waals surface area contributed by atoms with Crippen LogP contribution < -0.4 is 4.90 Å². The first-order chi connectivity index (χ1) is 9.66. The van der Waals surface area contributed by atoms with Gasteiger partial charge in [0.15, 0.2) is 11.3 Å². The van der Waals surface area contributed by atoms with Crippen LogP contribution in [0, 0.1) is 0 Å². The summed E-state index contributed by atoms with van der Waals surface area (Å²) in [6, 6.07) is 12.4. The third-order valence-corrected chi connectivity index (χ3v) is 3.30. The minimum Gasteiger partial charge on any atom is -0.449 e. The Morgan fingerprint density at radius 2 is 2.10 bits per heavy atom. The number of rotatable bonds is 2. The highest BCUT2D eigenvalue weighted by atomic mass is 35.5. The molecule has 0 aliphatic rings. The van der Waals surface area contributed by atoms with Crippen LogP contribution in [0.2, 0.25) is 5.02 Å². The highest BCUT2D eigenvalue weighted by Gasteiger charge is 2.19. The van der Waals surface area contributed by atoms with Gasteiger partial charge in [0.1, 0.15) is 5.82 Å². The van der Waals surface area contributed by atoms with Crippen molar-refractivity contribution in [3.8, 4) is 0 Å². The highest BCUT2D eigenvalue weighted by molar-refractivity contribution is 6.34. The molecule has 0 aliphatic carbocycles. The molecule has 3 rings (SSSR count). The van der Waals surface area contributed by atoms with Gasteiger partial charge in [-0.1, -0.05) is 29.8 Å². The Kier molecular flexibility index (Phi) is 3.16. The summed E-state index contributed by atoms with van der Waals surface area (Å²) in [5.41, 5.74) is 0.520. The van der Waals surface area contributed by atoms with Crippen LogP contribution in [0.4, 0.5) is 5.82 Å². The number of fused-ring (bicyclic) bond motifs is 1. The van der Waals surface area contributed by atoms with Crippen LogP contribution >= 0.6 is 11.6 Å². The van der Waals surface area contributed by atoms with E-state index in [1.807, 2.05) is 18.2 Å². The SMILES string of the molecule is CN(C(=O)c1cc2cccc(Cl)c2o1)c1ccccn1. The molecule has 1 amide bonds. The van der Waals surface area contributed by atoms with Crippen molar-refractivity contribution in [2.45, 2.75) is 0 Å². The average molecular weight is 287 g/mol. The molecule has 3 aromatic rings. The molecule has 0 fully saturated rings. The van der Waals surface area contributed by atoms with Gasteiger partial charge >= 0.3 is 0 Å². The number of carbonyl (C=O) groups excluding carboxylic acids is 1. The fourth-order valence-corrected chi connectivity index (χ4v) is 2.17. The largest absolute Gasteiger partial charge is 0.449 e. The van der Waals surface area contributed by atoms with Crippen molar-refractivity contribution >= 4 is 34.3 Å². The van der Waals surface area contributed by atoms with E-state index in [1.54, 1.807) is 37.5 Å². The third-order valence-electron chi connectivity index (χ3n) is 3.00. The summed E-state index contributed by atoms with van der Waals surface area (Å²) in [7, 11) is 1.65. The number of hydrogen-bond donors (Lipinski definition) is 0. The van der Waals surface area contributed by atoms with Crippen LogP contribution in [0.5, 0.6) is 0 Å². The zero-order valence-electron chi connectivity index (χ0n) is 10.7. The van der Waals surface area contributed by atoms with Crippen molar-refractivity contribution in [1.29, 1.82) is 0 Å². The summed E-state index contributed by atoms with van der Waals surface area (Å²) in [5.74, 6) is 0.529. The molecule has 5 heteroatoms. The first-order valence-corrected chi connectivity index (χ1v) is 6.42. The minimum absolute atomic E-state index is 0.237. The number of anilines is 1. The van der Waals surface area contributed by atoms with Crippen molar-refractivity contribution in [3.05, 3.63) is 59.4 Å². The van der Waals surface area contributed by atoms with E-state index in [9.17, 15) is 4.79 Å². The van der Waals surface area contributed by atoms with Gasteiger partial charge in [-0.2, -0.15) is 0 Å². The molecule has 0 aliphatic heterocycles. The maximum atomic E-state index is 12.4. The summed E-state index contributed by atoms with van der Waals surface area (Å²) in [4.78, 5) is 17.9. The summed E-state index contributed by atoms with van der Waals surface area (Å²) in [6.07, 6.45) is 1.63. The molecule has 1 aromatic carbocycles. The molecule has 0 atom stereocenters. The molecule has 0 saturated carbocycles. The number of furan rings is 1. The van der Waals surface area contributed by atoms with Crippen LogP contribution in [0.15, 0.2) is 53.1 Å². The summed E-state index contributed by atoms with van der Waals surface area (Å²) in [6.45, 7) is 0. The highest BCUT2D eigenvalue weighted by Crippen LogP contribution is 2.27. The lowest BCUT2D eigenvalue weighted by atomic mass is 10.2. The van der Waals surface area contributed by atoms with Crippen molar-refractivity contribution < 1.29 is 9.21 Å². The Hall–Kier alpha value is -2.33. The second-order valence-electron chi connectivity index (χ2n) is 4.32. The van der Waals surface area contributed by atoms with Crippen molar-refractivity contribution in [2.75, 3.05) is 11.9 Å². The van der Waals surface area contributed by atoms with Crippen molar-refractivity contribution in [2.24, 2.45) is 0 Å². The first-order valence-electron chi connectivity index (χ1n) is 6.04. The zero-order chi connectivity index (χ0) is 14.1. The smallest absolute Gasteiger partial charge is 0.294 e. The van der Waals surface area contributed by atoms with Crippen LogP contribution in [-0.4, -0.2) is 17.9 Å². The molecular formula is C15H11ClN2O2. The van der Waals surface area contributed by atoms with Crippen LogP contribution in [0.1, 0.15) is 10.6 Å². The molecule has 0 bridgehead atoms. The molecule has 0 saturated heterocycles. The molecule has 100 valence electrons. The molecular weight excluding hydrogens is 276 g/mol. The number of para-hydroxylation sites is 1. The zero-order valence-corrected chi connectivity index (χ0v) is 11.5. The Balaban J connectivity index is 1.99. The first kappa shape index (κ1) is 12.7. The van der Waals surface area contributed by atoms with Crippen molar-refractivity contribution in [3.63, 3.8) is 0 Å². The Bertz CT molecular complexity index is 768. The lowest BCUT2D eigenvalue weighted by Gasteiger charge is -2.13. The molecule has 0 radical (unpaired) electrons. The van der Waals surface area contributed by atoms with E-state index in [0.29, 0.717) is 16.4 Å². The molecule has 2 heterocycles. The van der Waals surface area contributed by atoms with E-state index in [0.717, 1.165) is 5.39 Å². The number of carbonyl (C=O) groups is 1. The van der Waals surface area contributed by atoms with E-state index in [-0.39, 0.29) is 11.7 Å². The van der Waals surface area contributed by atoms with Gasteiger partial charge in [-0.05, 0) is 24.3 Å². The number of pyridine rings is 1. The number of aromatic nitrogens is 1. The number of hydrogen-bond acceptors (Lipinski definition) is 3. The quantitative estimate of drug-likeness (QED) is 0.720. The van der Waals surface area contributed by atoms with E-state index in [1.165, 1.54) is 4.90 Å². The van der Waals surface area contributed by atoms with Crippen LogP contribution in [-0.2, 0) is 0 Å². The van der Waals surface area contributed by atoms with Gasteiger partial charge in [-0.15, -0.1) is 0 Å². The molecule has 0 unspecified atom stereocenters. The van der Waals surface area contributed by atoms with Gasteiger partial charge in [0, 0.05) is 18.6 Å². The average Bonchev–Trinajstić information content (AvgIpc) is 2.92. The van der Waals surface area contributed by atoms with E-state index in [2.05, 4.69) is 4.98 Å². The maximum absolute atomic E-state index is 12.4. The minimum atomic E-state index is -0.268. The Labute approximate surface area is 120 Å². The van der Waals surface area contributed by atoms with E-state index in [4.69, 9.17) is 16.0 Å². The third kappa shape index (κ3) is 2.14. The van der Waals surface area contributed by atoms with Gasteiger partial charge in [-0.25, -0.2) is 4.98 Å². The van der Waals surface area contributed by atoms with Gasteiger partial charge < -0.3 is 4.42 Å². The topological polar surface area (TPSA) is 46.3 Å². The Morgan fingerprint density at radius 3 is 2.80 bits per heavy atom. The monoisotopic (exact) mass is 286 g/mol. The van der Waals surface area contributed by atoms with Gasteiger partial charge in [0.05, 0.1) is 5.02 Å². The Morgan fingerprint density at radius 1 is 1.25 bits per heavy atom. The standard InChI is InChI=1S/C15H11ClN2O2/c1-18(13-7-2-3-8-17-13)15(19)12-9-10-5-4-6-11(16)14(10)20-12/h2-9H,1H3. The number of nitrogens with zero attached hydrogens (tertiary/aromatic N) is 2. The number of benzene rings is 1. The lowest BCUT2D eigenvalue weighted by Crippen LogP contribution is -2.26. The summed E-state index contributed by atoms with van der Waals surface area (Å²) < 4.78 is 5.55. The molecule has 20 heavy (non-hydrogen) atoms. The molecule has 0 spiro atoms. The molecule has 2 aromatic heterocycles. The lowest BCUT2D eigenvalue weighted by molar-refractivity contribution is 0.0968. The van der Waals surface area contributed by atoms with Crippen LogP contribution in [0.25, 0.3) is 11.0 Å². The summed E-state index contributed by atoms with van der Waals surface area (Å²) >= 11 is 6.04. The number of halogens is 1. The van der Waals surface area contributed by atoms with E-state index >= 15 is 0 Å². The molecule has 0 N–H and O–H groups in total. The number of amides is 1. The fraction of sp³-hybridized carbons (Fsp3) is 0.0667. The maximum Gasteiger partial charge on any atom is 0.294 e. The predicted octanol–water partition coefficient (Wildman–Crippen LogP) is 3.76.